The number of methoxy groups -OCH3 is 1. The lowest BCUT2D eigenvalue weighted by Gasteiger charge is -2.35. The van der Waals surface area contributed by atoms with Gasteiger partial charge in [0.1, 0.15) is 11.3 Å². The molecule has 11 heteroatoms. The van der Waals surface area contributed by atoms with E-state index in [4.69, 9.17) is 27.8 Å². The number of fused-ring (bicyclic) bond motifs is 2. The van der Waals surface area contributed by atoms with Gasteiger partial charge in [-0.15, -0.1) is 0 Å². The SMILES string of the molecule is COc1nc(N2CC(N)CC(O)C2)c2cc(Cl)c(-c3cccc4sc(N)nc34)c(F)c2n1. The molecular weight excluding hydrogens is 455 g/mol. The highest BCUT2D eigenvalue weighted by atomic mass is 35.5. The molecule has 1 aliphatic heterocycles. The number of β-amino-alcohol motifs (C(OH)–C–C–N with tert-alkyl or cyclic N) is 1. The first-order valence-corrected chi connectivity index (χ1v) is 11.1. The number of para-hydroxylation sites is 1. The Hall–Kier alpha value is -2.79. The molecule has 1 fully saturated rings. The molecule has 5 rings (SSSR count). The first-order chi connectivity index (χ1) is 15.4. The van der Waals surface area contributed by atoms with Crippen LogP contribution in [0.5, 0.6) is 6.01 Å². The Morgan fingerprint density at radius 1 is 1.25 bits per heavy atom. The van der Waals surface area contributed by atoms with Crippen molar-refractivity contribution in [1.82, 2.24) is 15.0 Å². The molecule has 8 nitrogen and oxygen atoms in total. The average molecular weight is 475 g/mol. The monoisotopic (exact) mass is 474 g/mol. The van der Waals surface area contributed by atoms with E-state index in [9.17, 15) is 5.11 Å². The quantitative estimate of drug-likeness (QED) is 0.413. The summed E-state index contributed by atoms with van der Waals surface area (Å²) >= 11 is 7.93. The van der Waals surface area contributed by atoms with Crippen LogP contribution in [0.4, 0.5) is 15.3 Å². The van der Waals surface area contributed by atoms with Crippen LogP contribution in [0.25, 0.3) is 32.2 Å². The van der Waals surface area contributed by atoms with Gasteiger partial charge in [0.05, 0.1) is 28.5 Å². The maximum absolute atomic E-state index is 16.0. The van der Waals surface area contributed by atoms with E-state index in [2.05, 4.69) is 15.0 Å². The molecule has 2 unspecified atom stereocenters. The molecule has 5 N–H and O–H groups in total. The number of hydrogen-bond donors (Lipinski definition) is 3. The van der Waals surface area contributed by atoms with Gasteiger partial charge in [-0.2, -0.15) is 9.97 Å². The lowest BCUT2D eigenvalue weighted by atomic mass is 10.0. The Labute approximate surface area is 191 Å². The van der Waals surface area contributed by atoms with Crippen molar-refractivity contribution in [3.8, 4) is 17.1 Å². The Balaban J connectivity index is 1.76. The molecule has 0 bridgehead atoms. The summed E-state index contributed by atoms with van der Waals surface area (Å²) in [5.41, 5.74) is 13.3. The fraction of sp³-hybridized carbons (Fsp3) is 0.286. The number of thiazole rings is 1. The standard InChI is InChI=1S/C21H20ClFN6O2S/c1-31-21-27-18-12(19(28-21)29-7-9(24)5-10(30)8-29)6-13(22)15(16(18)23)11-3-2-4-14-17(11)26-20(25)32-14/h2-4,6,9-10,30H,5,7-8,24H2,1H3,(H2,25,26). The second-order valence-corrected chi connectivity index (χ2v) is 9.21. The van der Waals surface area contributed by atoms with E-state index in [1.165, 1.54) is 18.4 Å². The maximum atomic E-state index is 16.0. The third-order valence-corrected chi connectivity index (χ3v) is 6.64. The van der Waals surface area contributed by atoms with Gasteiger partial charge in [0, 0.05) is 35.6 Å². The van der Waals surface area contributed by atoms with Crippen molar-refractivity contribution >= 4 is 55.0 Å². The Bertz CT molecular complexity index is 1340. The summed E-state index contributed by atoms with van der Waals surface area (Å²) in [5, 5.41) is 11.2. The highest BCUT2D eigenvalue weighted by Crippen LogP contribution is 2.42. The number of benzene rings is 2. The third-order valence-electron chi connectivity index (χ3n) is 5.49. The molecule has 4 aromatic rings. The molecule has 3 heterocycles. The summed E-state index contributed by atoms with van der Waals surface area (Å²) in [4.78, 5) is 14.9. The maximum Gasteiger partial charge on any atom is 0.318 e. The van der Waals surface area contributed by atoms with Crippen molar-refractivity contribution in [2.24, 2.45) is 5.73 Å². The number of aliphatic hydroxyl groups excluding tert-OH is 1. The van der Waals surface area contributed by atoms with E-state index in [1.807, 2.05) is 11.0 Å². The molecule has 166 valence electrons. The Kier molecular flexibility index (Phi) is 5.25. The Morgan fingerprint density at radius 2 is 2.06 bits per heavy atom. The van der Waals surface area contributed by atoms with Gasteiger partial charge in [0.15, 0.2) is 10.9 Å². The van der Waals surface area contributed by atoms with Crippen LogP contribution in [0.15, 0.2) is 24.3 Å². The predicted molar refractivity (Wildman–Crippen MR) is 125 cm³/mol. The third kappa shape index (κ3) is 3.49. The topological polar surface area (TPSA) is 123 Å². The van der Waals surface area contributed by atoms with E-state index in [1.54, 1.807) is 18.2 Å². The van der Waals surface area contributed by atoms with Crippen molar-refractivity contribution in [3.05, 3.63) is 35.1 Å². The number of ether oxygens (including phenoxy) is 1. The van der Waals surface area contributed by atoms with Crippen LogP contribution < -0.4 is 21.1 Å². The molecule has 2 aromatic carbocycles. The average Bonchev–Trinajstić information content (AvgIpc) is 3.13. The van der Waals surface area contributed by atoms with Crippen LogP contribution in [0.2, 0.25) is 5.02 Å². The summed E-state index contributed by atoms with van der Waals surface area (Å²) in [7, 11) is 1.41. The number of nitrogen functional groups attached to an aromatic ring is 1. The van der Waals surface area contributed by atoms with Crippen LogP contribution >= 0.6 is 22.9 Å². The van der Waals surface area contributed by atoms with Gasteiger partial charge >= 0.3 is 6.01 Å². The minimum atomic E-state index is -0.623. The number of hydrogen-bond acceptors (Lipinski definition) is 9. The number of aromatic nitrogens is 3. The number of piperidine rings is 1. The number of anilines is 2. The largest absolute Gasteiger partial charge is 0.467 e. The number of rotatable bonds is 3. The lowest BCUT2D eigenvalue weighted by Crippen LogP contribution is -2.49. The van der Waals surface area contributed by atoms with Gasteiger partial charge in [0.25, 0.3) is 0 Å². The van der Waals surface area contributed by atoms with Crippen molar-refractivity contribution in [2.75, 3.05) is 30.8 Å². The van der Waals surface area contributed by atoms with Gasteiger partial charge in [-0.25, -0.2) is 9.37 Å². The lowest BCUT2D eigenvalue weighted by molar-refractivity contribution is 0.145. The highest BCUT2D eigenvalue weighted by Gasteiger charge is 2.28. The Morgan fingerprint density at radius 3 is 2.81 bits per heavy atom. The zero-order chi connectivity index (χ0) is 22.6. The summed E-state index contributed by atoms with van der Waals surface area (Å²) < 4.78 is 22.1. The summed E-state index contributed by atoms with van der Waals surface area (Å²) in [5.74, 6) is -0.208. The van der Waals surface area contributed by atoms with E-state index >= 15 is 4.39 Å². The van der Waals surface area contributed by atoms with Crippen molar-refractivity contribution in [2.45, 2.75) is 18.6 Å². The highest BCUT2D eigenvalue weighted by molar-refractivity contribution is 7.22. The van der Waals surface area contributed by atoms with E-state index in [-0.39, 0.29) is 28.2 Å². The number of nitrogens with zero attached hydrogens (tertiary/aromatic N) is 4. The molecule has 0 aliphatic carbocycles. The van der Waals surface area contributed by atoms with Crippen molar-refractivity contribution in [1.29, 1.82) is 0 Å². The molecule has 2 atom stereocenters. The van der Waals surface area contributed by atoms with E-state index in [0.717, 1.165) is 4.70 Å². The molecule has 1 aliphatic rings. The minimum Gasteiger partial charge on any atom is -0.467 e. The summed E-state index contributed by atoms with van der Waals surface area (Å²) in [6.07, 6.45) is -0.140. The van der Waals surface area contributed by atoms with Crippen LogP contribution in [0.3, 0.4) is 0 Å². The summed E-state index contributed by atoms with van der Waals surface area (Å²) in [6.45, 7) is 0.756. The minimum absolute atomic E-state index is 0.00409. The zero-order valence-electron chi connectivity index (χ0n) is 17.0. The first-order valence-electron chi connectivity index (χ1n) is 9.93. The summed E-state index contributed by atoms with van der Waals surface area (Å²) in [6, 6.07) is 6.81. The van der Waals surface area contributed by atoms with E-state index < -0.39 is 11.9 Å². The first kappa shape index (κ1) is 21.1. The van der Waals surface area contributed by atoms with Gasteiger partial charge in [-0.05, 0) is 18.6 Å². The zero-order valence-corrected chi connectivity index (χ0v) is 18.6. The number of aliphatic hydroxyl groups is 1. The molecule has 0 spiro atoms. The smallest absolute Gasteiger partial charge is 0.318 e. The van der Waals surface area contributed by atoms with Crippen molar-refractivity contribution < 1.29 is 14.2 Å². The molecule has 0 radical (unpaired) electrons. The van der Waals surface area contributed by atoms with E-state index in [0.29, 0.717) is 46.9 Å². The van der Waals surface area contributed by atoms with Gasteiger partial charge in [-0.3, -0.25) is 0 Å². The molecular formula is C21H20ClFN6O2S. The molecule has 0 saturated carbocycles. The van der Waals surface area contributed by atoms with Crippen LogP contribution in [0.1, 0.15) is 6.42 Å². The number of halogens is 2. The van der Waals surface area contributed by atoms with Crippen LogP contribution in [0, 0.1) is 5.82 Å². The van der Waals surface area contributed by atoms with Gasteiger partial charge in [0.2, 0.25) is 0 Å². The molecule has 0 amide bonds. The molecule has 2 aromatic heterocycles. The van der Waals surface area contributed by atoms with Crippen molar-refractivity contribution in [3.63, 3.8) is 0 Å². The van der Waals surface area contributed by atoms with Crippen LogP contribution in [-0.2, 0) is 0 Å². The normalized spacial score (nSPS) is 19.1. The molecule has 32 heavy (non-hydrogen) atoms. The second kappa shape index (κ2) is 7.96. The van der Waals surface area contributed by atoms with Gasteiger partial charge in [-0.1, -0.05) is 35.1 Å². The number of nitrogens with two attached hydrogens (primary N) is 2. The second-order valence-electron chi connectivity index (χ2n) is 7.74. The fourth-order valence-corrected chi connectivity index (χ4v) is 5.25. The van der Waals surface area contributed by atoms with Crippen LogP contribution in [-0.4, -0.2) is 52.4 Å². The predicted octanol–water partition coefficient (Wildman–Crippen LogP) is 3.19. The fourth-order valence-electron chi connectivity index (χ4n) is 4.19. The van der Waals surface area contributed by atoms with Gasteiger partial charge < -0.3 is 26.2 Å². The molecule has 1 saturated heterocycles.